The molecule has 5 heteroatoms. The molecule has 0 spiro atoms. The first-order valence-electron chi connectivity index (χ1n) is 5.51. The molecule has 1 heterocycles. The minimum atomic E-state index is -0.0971. The first kappa shape index (κ1) is 12.5. The number of nitrogens with two attached hydrogens (primary N) is 1. The molecule has 0 bridgehead atoms. The van der Waals surface area contributed by atoms with Gasteiger partial charge in [-0.2, -0.15) is 5.10 Å². The summed E-state index contributed by atoms with van der Waals surface area (Å²) in [4.78, 5) is 4.44. The number of aromatic nitrogens is 3. The van der Waals surface area contributed by atoms with E-state index in [0.29, 0.717) is 11.7 Å². The average Bonchev–Trinajstić information content (AvgIpc) is 2.78. The van der Waals surface area contributed by atoms with Gasteiger partial charge >= 0.3 is 0 Å². The number of H-pyrrole nitrogens is 1. The van der Waals surface area contributed by atoms with Gasteiger partial charge in [-0.1, -0.05) is 26.0 Å². The third-order valence-corrected chi connectivity index (χ3v) is 3.36. The molecule has 1 atom stereocenters. The smallest absolute Gasteiger partial charge is 0.181 e. The quantitative estimate of drug-likeness (QED) is 0.843. The molecule has 0 saturated carbocycles. The fraction of sp³-hybridized carbons (Fsp3) is 0.333. The highest BCUT2D eigenvalue weighted by molar-refractivity contribution is 14.1. The van der Waals surface area contributed by atoms with E-state index < -0.39 is 0 Å². The van der Waals surface area contributed by atoms with E-state index >= 15 is 0 Å². The molecule has 0 saturated heterocycles. The number of halogens is 1. The molecule has 0 fully saturated rings. The monoisotopic (exact) mass is 342 g/mol. The van der Waals surface area contributed by atoms with Crippen molar-refractivity contribution in [1.82, 2.24) is 15.2 Å². The molecule has 0 aliphatic carbocycles. The minimum absolute atomic E-state index is 0.0971. The Balaban J connectivity index is 2.26. The summed E-state index contributed by atoms with van der Waals surface area (Å²) >= 11 is 2.27. The van der Waals surface area contributed by atoms with Crippen LogP contribution >= 0.6 is 22.6 Å². The SMILES string of the molecule is CC(C)C(N)c1nc(-c2ccc(I)cc2)n[nH]1. The Bertz CT molecular complexity index is 489. The molecule has 17 heavy (non-hydrogen) atoms. The summed E-state index contributed by atoms with van der Waals surface area (Å²) in [5.41, 5.74) is 7.02. The molecule has 0 aliphatic heterocycles. The van der Waals surface area contributed by atoms with E-state index in [0.717, 1.165) is 11.4 Å². The van der Waals surface area contributed by atoms with Gasteiger partial charge in [-0.3, -0.25) is 5.10 Å². The number of hydrogen-bond donors (Lipinski definition) is 2. The molecule has 2 aromatic rings. The maximum absolute atomic E-state index is 6.02. The molecule has 1 unspecified atom stereocenters. The second-order valence-corrected chi connectivity index (χ2v) is 5.57. The predicted octanol–water partition coefficient (Wildman–Crippen LogP) is 2.73. The van der Waals surface area contributed by atoms with Gasteiger partial charge < -0.3 is 5.73 Å². The fourth-order valence-corrected chi connectivity index (χ4v) is 1.83. The van der Waals surface area contributed by atoms with E-state index in [1.54, 1.807) is 0 Å². The van der Waals surface area contributed by atoms with Crippen molar-refractivity contribution in [2.24, 2.45) is 11.7 Å². The number of hydrogen-bond acceptors (Lipinski definition) is 3. The van der Waals surface area contributed by atoms with Crippen molar-refractivity contribution in [2.75, 3.05) is 0 Å². The molecular weight excluding hydrogens is 327 g/mol. The third kappa shape index (κ3) is 2.84. The summed E-state index contributed by atoms with van der Waals surface area (Å²) in [5, 5.41) is 7.11. The van der Waals surface area contributed by atoms with Gasteiger partial charge in [0.2, 0.25) is 0 Å². The van der Waals surface area contributed by atoms with Crippen LogP contribution in [0.5, 0.6) is 0 Å². The molecule has 1 aromatic carbocycles. The fourth-order valence-electron chi connectivity index (χ4n) is 1.47. The minimum Gasteiger partial charge on any atom is -0.321 e. The lowest BCUT2D eigenvalue weighted by molar-refractivity contribution is 0.492. The van der Waals surface area contributed by atoms with Crippen molar-refractivity contribution in [3.05, 3.63) is 33.7 Å². The van der Waals surface area contributed by atoms with Gasteiger partial charge in [0.05, 0.1) is 6.04 Å². The number of benzene rings is 1. The van der Waals surface area contributed by atoms with Crippen LogP contribution in [0.3, 0.4) is 0 Å². The number of rotatable bonds is 3. The lowest BCUT2D eigenvalue weighted by Gasteiger charge is -2.11. The van der Waals surface area contributed by atoms with Crippen LogP contribution in [0, 0.1) is 9.49 Å². The number of nitrogens with one attached hydrogen (secondary N) is 1. The highest BCUT2D eigenvalue weighted by atomic mass is 127. The first-order valence-corrected chi connectivity index (χ1v) is 6.59. The normalized spacial score (nSPS) is 13.0. The highest BCUT2D eigenvalue weighted by Gasteiger charge is 2.15. The summed E-state index contributed by atoms with van der Waals surface area (Å²) in [7, 11) is 0. The Morgan fingerprint density at radius 3 is 2.47 bits per heavy atom. The van der Waals surface area contributed by atoms with E-state index in [2.05, 4.69) is 51.6 Å². The zero-order valence-corrected chi connectivity index (χ0v) is 12.0. The standard InChI is InChI=1S/C12H15IN4/c1-7(2)10(14)12-15-11(16-17-12)8-3-5-9(13)6-4-8/h3-7,10H,14H2,1-2H3,(H,15,16,17). The Kier molecular flexibility index (Phi) is 3.78. The van der Waals surface area contributed by atoms with E-state index in [-0.39, 0.29) is 6.04 Å². The van der Waals surface area contributed by atoms with Gasteiger partial charge in [0.15, 0.2) is 5.82 Å². The molecule has 0 radical (unpaired) electrons. The topological polar surface area (TPSA) is 67.6 Å². The van der Waals surface area contributed by atoms with Crippen LogP contribution in [0.25, 0.3) is 11.4 Å². The second-order valence-electron chi connectivity index (χ2n) is 4.32. The van der Waals surface area contributed by atoms with Gasteiger partial charge in [-0.15, -0.1) is 0 Å². The van der Waals surface area contributed by atoms with Crippen LogP contribution in [-0.4, -0.2) is 15.2 Å². The van der Waals surface area contributed by atoms with Gasteiger partial charge in [-0.25, -0.2) is 4.98 Å². The van der Waals surface area contributed by atoms with Gasteiger partial charge in [0.1, 0.15) is 5.82 Å². The summed E-state index contributed by atoms with van der Waals surface area (Å²) in [6, 6.07) is 7.99. The summed E-state index contributed by atoms with van der Waals surface area (Å²) in [6.45, 7) is 4.13. The van der Waals surface area contributed by atoms with Crippen LogP contribution < -0.4 is 5.73 Å². The molecule has 1 aromatic heterocycles. The van der Waals surface area contributed by atoms with Crippen molar-refractivity contribution in [3.63, 3.8) is 0 Å². The van der Waals surface area contributed by atoms with E-state index in [1.165, 1.54) is 3.57 Å². The van der Waals surface area contributed by atoms with E-state index in [1.807, 2.05) is 24.3 Å². The molecule has 0 aliphatic rings. The van der Waals surface area contributed by atoms with Crippen molar-refractivity contribution >= 4 is 22.6 Å². The molecule has 4 nitrogen and oxygen atoms in total. The molecule has 3 N–H and O–H groups in total. The van der Waals surface area contributed by atoms with Gasteiger partial charge in [0, 0.05) is 9.13 Å². The van der Waals surface area contributed by atoms with Gasteiger partial charge in [-0.05, 0) is 40.6 Å². The Labute approximate surface area is 114 Å². The lowest BCUT2D eigenvalue weighted by Crippen LogP contribution is -2.18. The van der Waals surface area contributed by atoms with Crippen LogP contribution in [0.2, 0.25) is 0 Å². The largest absolute Gasteiger partial charge is 0.321 e. The first-order chi connectivity index (χ1) is 8.08. The zero-order chi connectivity index (χ0) is 12.4. The number of aromatic amines is 1. The van der Waals surface area contributed by atoms with Crippen LogP contribution in [0.15, 0.2) is 24.3 Å². The molecule has 90 valence electrons. The van der Waals surface area contributed by atoms with Crippen molar-refractivity contribution in [3.8, 4) is 11.4 Å². The summed E-state index contributed by atoms with van der Waals surface area (Å²) in [6.07, 6.45) is 0. The van der Waals surface area contributed by atoms with E-state index in [4.69, 9.17) is 5.73 Å². The van der Waals surface area contributed by atoms with Crippen LogP contribution in [0.4, 0.5) is 0 Å². The van der Waals surface area contributed by atoms with Crippen LogP contribution in [-0.2, 0) is 0 Å². The third-order valence-electron chi connectivity index (χ3n) is 2.64. The Morgan fingerprint density at radius 1 is 1.24 bits per heavy atom. The van der Waals surface area contributed by atoms with E-state index in [9.17, 15) is 0 Å². The Morgan fingerprint density at radius 2 is 1.88 bits per heavy atom. The molecule has 0 amide bonds. The summed E-state index contributed by atoms with van der Waals surface area (Å²) < 4.78 is 1.20. The molecule has 2 rings (SSSR count). The van der Waals surface area contributed by atoms with Crippen LogP contribution in [0.1, 0.15) is 25.7 Å². The average molecular weight is 342 g/mol. The summed E-state index contributed by atoms with van der Waals surface area (Å²) in [5.74, 6) is 1.79. The Hall–Kier alpha value is -0.950. The predicted molar refractivity (Wildman–Crippen MR) is 76.3 cm³/mol. The number of nitrogens with zero attached hydrogens (tertiary/aromatic N) is 2. The lowest BCUT2D eigenvalue weighted by atomic mass is 10.1. The maximum atomic E-state index is 6.02. The van der Waals surface area contributed by atoms with Crippen molar-refractivity contribution < 1.29 is 0 Å². The second kappa shape index (κ2) is 5.14. The van der Waals surface area contributed by atoms with Crippen molar-refractivity contribution in [1.29, 1.82) is 0 Å². The van der Waals surface area contributed by atoms with Gasteiger partial charge in [0.25, 0.3) is 0 Å². The molecular formula is C12H15IN4. The maximum Gasteiger partial charge on any atom is 0.181 e. The zero-order valence-electron chi connectivity index (χ0n) is 9.81. The highest BCUT2D eigenvalue weighted by Crippen LogP contribution is 2.20. The van der Waals surface area contributed by atoms with Crippen molar-refractivity contribution in [2.45, 2.75) is 19.9 Å².